The number of nitrogens with zero attached hydrogens (tertiary/aromatic N) is 1. The second-order valence-corrected chi connectivity index (χ2v) is 5.27. The van der Waals surface area contributed by atoms with Crippen molar-refractivity contribution in [3.63, 3.8) is 0 Å². The maximum Gasteiger partial charge on any atom is 0.154 e. The molecule has 1 aromatic carbocycles. The molecule has 0 unspecified atom stereocenters. The largest absolute Gasteiger partial charge is 0.382 e. The second-order valence-electron chi connectivity index (χ2n) is 4.32. The number of aromatic amines is 1. The van der Waals surface area contributed by atoms with Gasteiger partial charge in [-0.15, -0.1) is 11.3 Å². The van der Waals surface area contributed by atoms with Gasteiger partial charge in [-0.2, -0.15) is 5.10 Å². The van der Waals surface area contributed by atoms with Gasteiger partial charge in [0.15, 0.2) is 5.82 Å². The highest BCUT2D eigenvalue weighted by Crippen LogP contribution is 2.38. The van der Waals surface area contributed by atoms with Gasteiger partial charge in [0.05, 0.1) is 11.3 Å². The Labute approximate surface area is 113 Å². The summed E-state index contributed by atoms with van der Waals surface area (Å²) in [6.45, 7) is 1.86. The fourth-order valence-electron chi connectivity index (χ4n) is 2.04. The number of aryl methyl sites for hydroxylation is 1. The van der Waals surface area contributed by atoms with Crippen molar-refractivity contribution in [2.24, 2.45) is 0 Å². The highest BCUT2D eigenvalue weighted by molar-refractivity contribution is 7.13. The first-order valence-electron chi connectivity index (χ1n) is 5.81. The first-order chi connectivity index (χ1) is 9.16. The van der Waals surface area contributed by atoms with Gasteiger partial charge in [0, 0.05) is 10.4 Å². The van der Waals surface area contributed by atoms with Crippen LogP contribution in [0.4, 0.5) is 10.2 Å². The number of aromatic nitrogens is 2. The third kappa shape index (κ3) is 2.02. The first kappa shape index (κ1) is 11.9. The van der Waals surface area contributed by atoms with Gasteiger partial charge < -0.3 is 5.73 Å². The van der Waals surface area contributed by atoms with Gasteiger partial charge in [-0.1, -0.05) is 12.1 Å². The van der Waals surface area contributed by atoms with Crippen molar-refractivity contribution in [1.29, 1.82) is 0 Å². The number of thiophene rings is 1. The number of hydrogen-bond acceptors (Lipinski definition) is 3. The van der Waals surface area contributed by atoms with Crippen molar-refractivity contribution in [2.75, 3.05) is 5.73 Å². The Balaban J connectivity index is 2.21. The molecule has 0 aliphatic carbocycles. The number of benzene rings is 1. The smallest absolute Gasteiger partial charge is 0.154 e. The maximum absolute atomic E-state index is 14.1. The molecule has 2 heterocycles. The van der Waals surface area contributed by atoms with Crippen LogP contribution in [-0.4, -0.2) is 10.2 Å². The Kier molecular flexibility index (Phi) is 2.83. The molecule has 19 heavy (non-hydrogen) atoms. The molecule has 96 valence electrons. The molecule has 0 atom stereocenters. The Morgan fingerprint density at radius 2 is 2.16 bits per heavy atom. The van der Waals surface area contributed by atoms with Gasteiger partial charge >= 0.3 is 0 Å². The lowest BCUT2D eigenvalue weighted by atomic mass is 10.0. The Morgan fingerprint density at radius 1 is 1.32 bits per heavy atom. The zero-order valence-corrected chi connectivity index (χ0v) is 11.1. The Hall–Kier alpha value is -2.14. The van der Waals surface area contributed by atoms with Crippen LogP contribution in [0.25, 0.3) is 21.7 Å². The summed E-state index contributed by atoms with van der Waals surface area (Å²) in [5.41, 5.74) is 8.64. The average Bonchev–Trinajstić information content (AvgIpc) is 2.98. The SMILES string of the molecule is Cc1ccc(-c2[nH]nc(N)c2-c2cccs2)c(F)c1. The van der Waals surface area contributed by atoms with Crippen molar-refractivity contribution in [3.05, 3.63) is 47.1 Å². The predicted octanol–water partition coefficient (Wildman–Crippen LogP) is 3.83. The molecule has 0 saturated heterocycles. The van der Waals surface area contributed by atoms with Gasteiger partial charge in [-0.05, 0) is 36.1 Å². The normalized spacial score (nSPS) is 10.8. The topological polar surface area (TPSA) is 54.7 Å². The fourth-order valence-corrected chi connectivity index (χ4v) is 2.83. The number of hydrogen-bond donors (Lipinski definition) is 2. The summed E-state index contributed by atoms with van der Waals surface area (Å²) >= 11 is 1.55. The lowest BCUT2D eigenvalue weighted by Gasteiger charge is -2.05. The van der Waals surface area contributed by atoms with E-state index < -0.39 is 0 Å². The van der Waals surface area contributed by atoms with E-state index in [0.29, 0.717) is 17.1 Å². The van der Waals surface area contributed by atoms with Crippen molar-refractivity contribution < 1.29 is 4.39 Å². The van der Waals surface area contributed by atoms with E-state index >= 15 is 0 Å². The highest BCUT2D eigenvalue weighted by Gasteiger charge is 2.18. The summed E-state index contributed by atoms with van der Waals surface area (Å²) in [4.78, 5) is 0.973. The lowest BCUT2D eigenvalue weighted by Crippen LogP contribution is -1.89. The Morgan fingerprint density at radius 3 is 2.84 bits per heavy atom. The van der Waals surface area contributed by atoms with Gasteiger partial charge in [0.1, 0.15) is 5.82 Å². The van der Waals surface area contributed by atoms with E-state index in [1.54, 1.807) is 17.4 Å². The van der Waals surface area contributed by atoms with E-state index in [2.05, 4.69) is 10.2 Å². The number of H-pyrrole nitrogens is 1. The van der Waals surface area contributed by atoms with Crippen LogP contribution in [0.2, 0.25) is 0 Å². The fraction of sp³-hybridized carbons (Fsp3) is 0.0714. The molecule has 3 nitrogen and oxygen atoms in total. The van der Waals surface area contributed by atoms with Crippen molar-refractivity contribution in [2.45, 2.75) is 6.92 Å². The van der Waals surface area contributed by atoms with Gasteiger partial charge in [-0.3, -0.25) is 5.10 Å². The summed E-state index contributed by atoms with van der Waals surface area (Å²) in [5.74, 6) is 0.110. The monoisotopic (exact) mass is 273 g/mol. The van der Waals surface area contributed by atoms with Crippen LogP contribution in [0.1, 0.15) is 5.56 Å². The molecular formula is C14H12FN3S. The zero-order valence-electron chi connectivity index (χ0n) is 10.3. The van der Waals surface area contributed by atoms with Gasteiger partial charge in [0.25, 0.3) is 0 Å². The highest BCUT2D eigenvalue weighted by atomic mass is 32.1. The van der Waals surface area contributed by atoms with Crippen molar-refractivity contribution in [3.8, 4) is 21.7 Å². The van der Waals surface area contributed by atoms with E-state index in [1.807, 2.05) is 30.5 Å². The molecule has 0 aliphatic heterocycles. The predicted molar refractivity (Wildman–Crippen MR) is 76.4 cm³/mol. The Bertz CT molecular complexity index is 716. The lowest BCUT2D eigenvalue weighted by molar-refractivity contribution is 0.629. The number of rotatable bonds is 2. The standard InChI is InChI=1S/C14H12FN3S/c1-8-4-5-9(10(15)7-8)13-12(14(16)18-17-13)11-3-2-6-19-11/h2-7H,1H3,(H3,16,17,18). The minimum absolute atomic E-state index is 0.276. The summed E-state index contributed by atoms with van der Waals surface area (Å²) in [5, 5.41) is 8.79. The molecule has 0 radical (unpaired) electrons. The number of anilines is 1. The second kappa shape index (κ2) is 4.51. The van der Waals surface area contributed by atoms with E-state index in [-0.39, 0.29) is 5.82 Å². The summed E-state index contributed by atoms with van der Waals surface area (Å²) in [6.07, 6.45) is 0. The minimum Gasteiger partial charge on any atom is -0.382 e. The molecule has 0 amide bonds. The molecule has 0 fully saturated rings. The van der Waals surface area contributed by atoms with Crippen LogP contribution in [0.5, 0.6) is 0 Å². The number of nitrogens with two attached hydrogens (primary N) is 1. The van der Waals surface area contributed by atoms with Gasteiger partial charge in [-0.25, -0.2) is 4.39 Å². The molecule has 0 aliphatic rings. The summed E-state index contributed by atoms with van der Waals surface area (Å²) < 4.78 is 14.1. The third-order valence-electron chi connectivity index (χ3n) is 2.96. The quantitative estimate of drug-likeness (QED) is 0.745. The van der Waals surface area contributed by atoms with Crippen LogP contribution < -0.4 is 5.73 Å². The van der Waals surface area contributed by atoms with Crippen LogP contribution in [0.15, 0.2) is 35.7 Å². The summed E-state index contributed by atoms with van der Waals surface area (Å²) in [7, 11) is 0. The van der Waals surface area contributed by atoms with Crippen LogP contribution >= 0.6 is 11.3 Å². The molecule has 5 heteroatoms. The molecule has 3 rings (SSSR count). The van der Waals surface area contributed by atoms with Crippen molar-refractivity contribution in [1.82, 2.24) is 10.2 Å². The average molecular weight is 273 g/mol. The molecule has 0 saturated carbocycles. The van der Waals surface area contributed by atoms with Gasteiger partial charge in [0.2, 0.25) is 0 Å². The number of nitrogens with one attached hydrogen (secondary N) is 1. The number of halogens is 1. The van der Waals surface area contributed by atoms with E-state index in [1.165, 1.54) is 6.07 Å². The number of nitrogen functional groups attached to an aromatic ring is 1. The van der Waals surface area contributed by atoms with Crippen LogP contribution in [-0.2, 0) is 0 Å². The zero-order chi connectivity index (χ0) is 13.4. The summed E-state index contributed by atoms with van der Waals surface area (Å²) in [6, 6.07) is 9.00. The molecule has 3 aromatic rings. The maximum atomic E-state index is 14.1. The molecule has 2 aromatic heterocycles. The van der Waals surface area contributed by atoms with E-state index in [4.69, 9.17) is 5.73 Å². The van der Waals surface area contributed by atoms with E-state index in [0.717, 1.165) is 16.0 Å². The van der Waals surface area contributed by atoms with E-state index in [9.17, 15) is 4.39 Å². The molecule has 0 bridgehead atoms. The van der Waals surface area contributed by atoms with Crippen LogP contribution in [0, 0.1) is 12.7 Å². The molecule has 3 N–H and O–H groups in total. The minimum atomic E-state index is -0.276. The van der Waals surface area contributed by atoms with Crippen molar-refractivity contribution >= 4 is 17.2 Å². The first-order valence-corrected chi connectivity index (χ1v) is 6.69. The van der Waals surface area contributed by atoms with Crippen LogP contribution in [0.3, 0.4) is 0 Å². The molecule has 0 spiro atoms. The molecular weight excluding hydrogens is 261 g/mol. The third-order valence-corrected chi connectivity index (χ3v) is 3.84.